The number of halogens is 5. The highest BCUT2D eigenvalue weighted by Crippen LogP contribution is 2.63. The molecule has 2 aliphatic carbocycles. The molecule has 1 saturated heterocycles. The molecule has 5 rings (SSSR count). The molecule has 2 heterocycles. The summed E-state index contributed by atoms with van der Waals surface area (Å²) < 4.78 is 74.9. The van der Waals surface area contributed by atoms with E-state index in [9.17, 15) is 31.5 Å². The van der Waals surface area contributed by atoms with Gasteiger partial charge in [-0.05, 0) is 50.4 Å². The Kier molecular flexibility index (Phi) is 3.90. The van der Waals surface area contributed by atoms with E-state index in [1.807, 2.05) is 7.05 Å². The van der Waals surface area contributed by atoms with Crippen LogP contribution in [-0.4, -0.2) is 54.5 Å². The van der Waals surface area contributed by atoms with Gasteiger partial charge >= 0.3 is 18.1 Å². The molecule has 10 heteroatoms. The number of alkyl halides is 5. The van der Waals surface area contributed by atoms with Crippen LogP contribution in [0.15, 0.2) is 12.1 Å². The fourth-order valence-corrected chi connectivity index (χ4v) is 5.87. The predicted molar refractivity (Wildman–Crippen MR) is 91.6 cm³/mol. The van der Waals surface area contributed by atoms with E-state index in [-0.39, 0.29) is 23.5 Å². The fraction of sp³-hybridized carbons (Fsp3) is 0.600. The lowest BCUT2D eigenvalue weighted by Crippen LogP contribution is -2.65. The van der Waals surface area contributed by atoms with Gasteiger partial charge in [0.15, 0.2) is 23.4 Å². The maximum atomic E-state index is 13.4. The number of carbonyl (C=O) groups is 2. The first-order valence-electron chi connectivity index (χ1n) is 9.71. The average Bonchev–Trinajstić information content (AvgIpc) is 3.02. The Morgan fingerprint density at radius 3 is 2.70 bits per heavy atom. The molecule has 0 radical (unpaired) electrons. The number of hydrogen-bond acceptors (Lipinski definition) is 5. The lowest BCUT2D eigenvalue weighted by Gasteiger charge is -2.57. The second-order valence-corrected chi connectivity index (χ2v) is 8.54. The van der Waals surface area contributed by atoms with Crippen molar-refractivity contribution in [3.8, 4) is 11.5 Å². The monoisotopic (exact) mass is 431 g/mol. The summed E-state index contributed by atoms with van der Waals surface area (Å²) in [4.78, 5) is 26.6. The molecule has 0 aromatic heterocycles. The van der Waals surface area contributed by atoms with Crippen LogP contribution in [0.5, 0.6) is 11.5 Å². The number of ether oxygens (including phenoxy) is 2. The number of piperidine rings is 1. The third-order valence-electron chi connectivity index (χ3n) is 7.19. The Hall–Kier alpha value is -2.23. The van der Waals surface area contributed by atoms with Gasteiger partial charge in [-0.15, -0.1) is 0 Å². The molecule has 5 nitrogen and oxygen atoms in total. The third kappa shape index (κ3) is 2.31. The van der Waals surface area contributed by atoms with Crippen LogP contribution in [0.4, 0.5) is 22.0 Å². The van der Waals surface area contributed by atoms with E-state index >= 15 is 0 Å². The summed E-state index contributed by atoms with van der Waals surface area (Å²) in [6.07, 6.45) is -4.72. The molecule has 162 valence electrons. The van der Waals surface area contributed by atoms with Gasteiger partial charge in [0.25, 0.3) is 0 Å². The number of rotatable bonds is 2. The predicted octanol–water partition coefficient (Wildman–Crippen LogP) is 3.03. The van der Waals surface area contributed by atoms with Crippen LogP contribution in [0.1, 0.15) is 30.4 Å². The van der Waals surface area contributed by atoms with Crippen LogP contribution in [0, 0.1) is 5.92 Å². The minimum Gasteiger partial charge on any atom is -0.477 e. The maximum absolute atomic E-state index is 13.4. The van der Waals surface area contributed by atoms with E-state index in [4.69, 9.17) is 4.74 Å². The normalized spacial score (nSPS) is 32.5. The first-order chi connectivity index (χ1) is 14.0. The van der Waals surface area contributed by atoms with Crippen molar-refractivity contribution >= 4 is 11.8 Å². The highest BCUT2D eigenvalue weighted by molar-refractivity contribution is 5.89. The number of likely N-dealkylation sites (N-methyl/N-ethyl adjacent to an activating group) is 1. The molecule has 2 bridgehead atoms. The zero-order valence-corrected chi connectivity index (χ0v) is 15.9. The lowest BCUT2D eigenvalue weighted by atomic mass is 9.52. The van der Waals surface area contributed by atoms with Crippen molar-refractivity contribution in [1.82, 2.24) is 4.90 Å². The van der Waals surface area contributed by atoms with Crippen LogP contribution in [-0.2, 0) is 21.4 Å². The molecule has 30 heavy (non-hydrogen) atoms. The minimum atomic E-state index is -6.07. The summed E-state index contributed by atoms with van der Waals surface area (Å²) >= 11 is 0. The Morgan fingerprint density at radius 1 is 1.27 bits per heavy atom. The average molecular weight is 431 g/mol. The number of nitrogens with zero attached hydrogens (tertiary/aromatic N) is 1. The van der Waals surface area contributed by atoms with Crippen molar-refractivity contribution in [1.29, 1.82) is 0 Å². The summed E-state index contributed by atoms with van der Waals surface area (Å²) in [6.45, 7) is 0.698. The van der Waals surface area contributed by atoms with Gasteiger partial charge in [0.05, 0.1) is 0 Å². The maximum Gasteiger partial charge on any atom is 0.465 e. The van der Waals surface area contributed by atoms with E-state index in [0.717, 1.165) is 5.56 Å². The van der Waals surface area contributed by atoms with Crippen molar-refractivity contribution in [3.05, 3.63) is 23.3 Å². The van der Waals surface area contributed by atoms with Crippen molar-refractivity contribution < 1.29 is 41.0 Å². The van der Waals surface area contributed by atoms with Crippen LogP contribution in [0.2, 0.25) is 0 Å². The third-order valence-corrected chi connectivity index (χ3v) is 7.19. The Morgan fingerprint density at radius 2 is 2.00 bits per heavy atom. The number of carbonyl (C=O) groups excluding carboxylic acids is 2. The Labute approximate surface area is 168 Å². The number of benzene rings is 1. The molecule has 1 aromatic carbocycles. The van der Waals surface area contributed by atoms with Crippen molar-refractivity contribution in [2.45, 2.75) is 55.3 Å². The van der Waals surface area contributed by atoms with Gasteiger partial charge in [0.1, 0.15) is 0 Å². The molecular formula is C20H18F5NO4. The second kappa shape index (κ2) is 5.93. The van der Waals surface area contributed by atoms with Crippen molar-refractivity contribution in [2.24, 2.45) is 5.92 Å². The molecule has 4 aliphatic rings. The minimum absolute atomic E-state index is 0.0490. The SMILES string of the molecule is CN1CC[C@]23c4c5ccc(OC(=O)C(F)(F)C(F)(F)F)c4O[C@H]2C(=O)CC[C@H]3[C@H]1C5. The number of likely N-dealkylation sites (tertiary alicyclic amines) is 1. The summed E-state index contributed by atoms with van der Waals surface area (Å²) in [6, 6.07) is 2.93. The lowest BCUT2D eigenvalue weighted by molar-refractivity contribution is -0.276. The van der Waals surface area contributed by atoms with Gasteiger partial charge in [-0.25, -0.2) is 4.79 Å². The molecule has 2 fully saturated rings. The first kappa shape index (κ1) is 19.7. The number of hydrogen-bond donors (Lipinski definition) is 0. The summed E-state index contributed by atoms with van der Waals surface area (Å²) in [5.74, 6) is -8.97. The van der Waals surface area contributed by atoms with Gasteiger partial charge in [0.2, 0.25) is 0 Å². The van der Waals surface area contributed by atoms with E-state index in [1.54, 1.807) is 6.07 Å². The zero-order valence-electron chi connectivity index (χ0n) is 15.9. The van der Waals surface area contributed by atoms with Gasteiger partial charge < -0.3 is 14.4 Å². The summed E-state index contributed by atoms with van der Waals surface area (Å²) in [5, 5.41) is 0. The standard InChI is InChI=1S/C20H18F5NO4/c1-26-7-6-18-10-3-4-12(27)16(18)30-15-13(5-2-9(14(15)18)8-11(10)26)29-17(28)19(21,22)20(23,24)25/h2,5,10-11,16H,3-4,6-8H2,1H3/t10-,11+,16-,18-/m0/s1. The topological polar surface area (TPSA) is 55.8 Å². The summed E-state index contributed by atoms with van der Waals surface area (Å²) in [7, 11) is 2.01. The molecule has 0 unspecified atom stereocenters. The second-order valence-electron chi connectivity index (χ2n) is 8.54. The Balaban J connectivity index is 1.61. The first-order valence-corrected chi connectivity index (χ1v) is 9.71. The van der Waals surface area contributed by atoms with Gasteiger partial charge in [-0.3, -0.25) is 4.79 Å². The molecule has 1 aromatic rings. The molecule has 0 N–H and O–H groups in total. The van der Waals surface area contributed by atoms with Gasteiger partial charge in [-0.2, -0.15) is 22.0 Å². The summed E-state index contributed by atoms with van der Waals surface area (Å²) in [5.41, 5.74) is 0.817. The number of esters is 1. The van der Waals surface area contributed by atoms with Crippen LogP contribution in [0.25, 0.3) is 0 Å². The van der Waals surface area contributed by atoms with Crippen molar-refractivity contribution in [3.63, 3.8) is 0 Å². The van der Waals surface area contributed by atoms with Crippen LogP contribution >= 0.6 is 0 Å². The van der Waals surface area contributed by atoms with Crippen molar-refractivity contribution in [2.75, 3.05) is 13.6 Å². The van der Waals surface area contributed by atoms with Crippen LogP contribution < -0.4 is 9.47 Å². The largest absolute Gasteiger partial charge is 0.477 e. The molecular weight excluding hydrogens is 413 g/mol. The molecule has 0 amide bonds. The smallest absolute Gasteiger partial charge is 0.465 e. The molecule has 2 aliphatic heterocycles. The molecule has 1 saturated carbocycles. The zero-order chi connectivity index (χ0) is 21.6. The van der Waals surface area contributed by atoms with E-state index < -0.39 is 35.3 Å². The molecule has 4 atom stereocenters. The van der Waals surface area contributed by atoms with Gasteiger partial charge in [0, 0.05) is 23.4 Å². The highest BCUT2D eigenvalue weighted by atomic mass is 19.4. The Bertz CT molecular complexity index is 961. The number of ketones is 1. The number of Topliss-reactive ketones (excluding diaryl/α,β-unsaturated/α-hetero) is 1. The van der Waals surface area contributed by atoms with E-state index in [0.29, 0.717) is 37.8 Å². The quantitative estimate of drug-likeness (QED) is 0.410. The van der Waals surface area contributed by atoms with E-state index in [1.165, 1.54) is 6.07 Å². The van der Waals surface area contributed by atoms with Crippen LogP contribution in [0.3, 0.4) is 0 Å². The molecule has 1 spiro atoms. The van der Waals surface area contributed by atoms with E-state index in [2.05, 4.69) is 9.64 Å². The highest BCUT2D eigenvalue weighted by Gasteiger charge is 2.67. The fourth-order valence-electron chi connectivity index (χ4n) is 5.87. The van der Waals surface area contributed by atoms with Gasteiger partial charge in [-0.1, -0.05) is 6.07 Å².